The topological polar surface area (TPSA) is 12.0 Å². The molecule has 1 N–H and O–H groups in total. The van der Waals surface area contributed by atoms with Gasteiger partial charge in [-0.2, -0.15) is 0 Å². The van der Waals surface area contributed by atoms with Crippen molar-refractivity contribution in [1.29, 1.82) is 0 Å². The number of fused-ring (bicyclic) bond motifs is 2. The first kappa shape index (κ1) is 10.5. The summed E-state index contributed by atoms with van der Waals surface area (Å²) < 4.78 is 0. The zero-order chi connectivity index (χ0) is 10.1. The fraction of sp³-hybridized carbons (Fsp3) is 1.00. The van der Waals surface area contributed by atoms with E-state index in [1.165, 1.54) is 25.8 Å². The first-order valence-corrected chi connectivity index (χ1v) is 6.40. The Bertz CT molecular complexity index is 188. The number of rotatable bonds is 4. The number of nitrogens with one attached hydrogen (secondary N) is 1. The van der Waals surface area contributed by atoms with Crippen molar-refractivity contribution in [2.45, 2.75) is 52.5 Å². The van der Waals surface area contributed by atoms with Crippen molar-refractivity contribution >= 4 is 0 Å². The highest BCUT2D eigenvalue weighted by Gasteiger charge is 2.41. The van der Waals surface area contributed by atoms with Crippen molar-refractivity contribution in [3.63, 3.8) is 0 Å². The summed E-state index contributed by atoms with van der Waals surface area (Å²) in [6.07, 6.45) is 6.09. The van der Waals surface area contributed by atoms with Gasteiger partial charge in [0.1, 0.15) is 0 Å². The van der Waals surface area contributed by atoms with Crippen LogP contribution in [-0.2, 0) is 0 Å². The van der Waals surface area contributed by atoms with Crippen LogP contribution in [0.15, 0.2) is 0 Å². The maximum absolute atomic E-state index is 3.71. The number of hydrogen-bond acceptors (Lipinski definition) is 1. The maximum Gasteiger partial charge on any atom is 0.00698 e. The van der Waals surface area contributed by atoms with E-state index in [4.69, 9.17) is 0 Å². The minimum Gasteiger partial charge on any atom is -0.314 e. The van der Waals surface area contributed by atoms with Crippen LogP contribution in [0.5, 0.6) is 0 Å². The molecule has 0 amide bonds. The third-order valence-electron chi connectivity index (χ3n) is 4.28. The lowest BCUT2D eigenvalue weighted by Crippen LogP contribution is -2.38. The third-order valence-corrected chi connectivity index (χ3v) is 4.28. The van der Waals surface area contributed by atoms with E-state index in [0.717, 1.165) is 29.7 Å². The summed E-state index contributed by atoms with van der Waals surface area (Å²) in [5.41, 5.74) is 0. The van der Waals surface area contributed by atoms with E-state index < -0.39 is 0 Å². The van der Waals surface area contributed by atoms with Gasteiger partial charge in [0.05, 0.1) is 0 Å². The SMILES string of the molecule is CC(C)CN[C@H](C)[C@@H]1C[C@@H]2CC[C@@H]1C2. The molecule has 0 aromatic heterocycles. The molecular formula is C13H25N. The molecule has 2 saturated carbocycles. The van der Waals surface area contributed by atoms with Crippen molar-refractivity contribution in [1.82, 2.24) is 5.32 Å². The van der Waals surface area contributed by atoms with Gasteiger partial charge in [0.2, 0.25) is 0 Å². The van der Waals surface area contributed by atoms with Gasteiger partial charge in [0.15, 0.2) is 0 Å². The molecule has 0 aromatic carbocycles. The van der Waals surface area contributed by atoms with Crippen LogP contribution in [0, 0.1) is 23.7 Å². The summed E-state index contributed by atoms with van der Waals surface area (Å²) in [4.78, 5) is 0. The van der Waals surface area contributed by atoms with E-state index in [1.54, 1.807) is 6.42 Å². The Labute approximate surface area is 88.7 Å². The summed E-state index contributed by atoms with van der Waals surface area (Å²) in [5.74, 6) is 3.94. The van der Waals surface area contributed by atoms with Crippen molar-refractivity contribution in [3.05, 3.63) is 0 Å². The molecule has 1 heteroatoms. The van der Waals surface area contributed by atoms with Crippen LogP contribution in [0.4, 0.5) is 0 Å². The van der Waals surface area contributed by atoms with Crippen LogP contribution >= 0.6 is 0 Å². The first-order valence-electron chi connectivity index (χ1n) is 6.40. The van der Waals surface area contributed by atoms with Crippen molar-refractivity contribution in [2.24, 2.45) is 23.7 Å². The second-order valence-corrected chi connectivity index (χ2v) is 5.93. The maximum atomic E-state index is 3.71. The lowest BCUT2D eigenvalue weighted by atomic mass is 9.84. The molecule has 0 spiro atoms. The first-order chi connectivity index (χ1) is 6.66. The monoisotopic (exact) mass is 195 g/mol. The molecule has 4 atom stereocenters. The summed E-state index contributed by atoms with van der Waals surface area (Å²) >= 11 is 0. The Hall–Kier alpha value is -0.0400. The van der Waals surface area contributed by atoms with Gasteiger partial charge in [-0.15, -0.1) is 0 Å². The highest BCUT2D eigenvalue weighted by Crippen LogP contribution is 2.49. The fourth-order valence-electron chi connectivity index (χ4n) is 3.48. The Kier molecular flexibility index (Phi) is 3.16. The van der Waals surface area contributed by atoms with Gasteiger partial charge in [-0.25, -0.2) is 0 Å². The minimum atomic E-state index is 0.757. The average molecular weight is 195 g/mol. The van der Waals surface area contributed by atoms with Gasteiger partial charge in [-0.1, -0.05) is 20.3 Å². The summed E-state index contributed by atoms with van der Waals surface area (Å²) in [6.45, 7) is 8.17. The molecule has 0 unspecified atom stereocenters. The van der Waals surface area contributed by atoms with E-state index in [9.17, 15) is 0 Å². The Balaban J connectivity index is 1.78. The lowest BCUT2D eigenvalue weighted by Gasteiger charge is -2.29. The molecule has 82 valence electrons. The highest BCUT2D eigenvalue weighted by molar-refractivity contribution is 4.93. The molecule has 0 aromatic rings. The molecular weight excluding hydrogens is 170 g/mol. The van der Waals surface area contributed by atoms with E-state index in [2.05, 4.69) is 26.1 Å². The van der Waals surface area contributed by atoms with Gasteiger partial charge >= 0.3 is 0 Å². The molecule has 0 aliphatic heterocycles. The molecule has 1 nitrogen and oxygen atoms in total. The summed E-state index contributed by atoms with van der Waals surface area (Å²) in [6, 6.07) is 0.757. The standard InChI is InChI=1S/C13H25N/c1-9(2)8-14-10(3)13-7-11-4-5-12(13)6-11/h9-14H,4-8H2,1-3H3/t10-,11-,12-,13+/m1/s1. The van der Waals surface area contributed by atoms with Crippen LogP contribution in [0.1, 0.15) is 46.5 Å². The molecule has 14 heavy (non-hydrogen) atoms. The van der Waals surface area contributed by atoms with Gasteiger partial charge < -0.3 is 5.32 Å². The average Bonchev–Trinajstić information content (AvgIpc) is 2.74. The summed E-state index contributed by atoms with van der Waals surface area (Å²) in [7, 11) is 0. The van der Waals surface area contributed by atoms with Gasteiger partial charge in [-0.05, 0) is 56.4 Å². The Morgan fingerprint density at radius 3 is 2.43 bits per heavy atom. The van der Waals surface area contributed by atoms with Crippen LogP contribution in [0.3, 0.4) is 0 Å². The van der Waals surface area contributed by atoms with Crippen LogP contribution in [0.2, 0.25) is 0 Å². The van der Waals surface area contributed by atoms with E-state index in [1.807, 2.05) is 0 Å². The Morgan fingerprint density at radius 1 is 1.14 bits per heavy atom. The van der Waals surface area contributed by atoms with E-state index in [-0.39, 0.29) is 0 Å². The molecule has 2 bridgehead atoms. The van der Waals surface area contributed by atoms with Crippen molar-refractivity contribution < 1.29 is 0 Å². The Morgan fingerprint density at radius 2 is 1.93 bits per heavy atom. The van der Waals surface area contributed by atoms with E-state index in [0.29, 0.717) is 0 Å². The van der Waals surface area contributed by atoms with E-state index >= 15 is 0 Å². The smallest absolute Gasteiger partial charge is 0.00698 e. The van der Waals surface area contributed by atoms with Gasteiger partial charge in [-0.3, -0.25) is 0 Å². The lowest BCUT2D eigenvalue weighted by molar-refractivity contribution is 0.255. The predicted molar refractivity (Wildman–Crippen MR) is 61.2 cm³/mol. The summed E-state index contributed by atoms with van der Waals surface area (Å²) in [5, 5.41) is 3.71. The van der Waals surface area contributed by atoms with Crippen molar-refractivity contribution in [2.75, 3.05) is 6.54 Å². The van der Waals surface area contributed by atoms with Gasteiger partial charge in [0, 0.05) is 6.04 Å². The highest BCUT2D eigenvalue weighted by atomic mass is 14.9. The van der Waals surface area contributed by atoms with Crippen LogP contribution in [-0.4, -0.2) is 12.6 Å². The quantitative estimate of drug-likeness (QED) is 0.727. The predicted octanol–water partition coefficient (Wildman–Crippen LogP) is 3.06. The molecule has 2 aliphatic carbocycles. The molecule has 0 radical (unpaired) electrons. The van der Waals surface area contributed by atoms with Crippen LogP contribution < -0.4 is 5.32 Å². The second-order valence-electron chi connectivity index (χ2n) is 5.93. The van der Waals surface area contributed by atoms with Gasteiger partial charge in [0.25, 0.3) is 0 Å². The molecule has 0 heterocycles. The fourth-order valence-corrected chi connectivity index (χ4v) is 3.48. The minimum absolute atomic E-state index is 0.757. The zero-order valence-electron chi connectivity index (χ0n) is 9.92. The molecule has 2 aliphatic rings. The molecule has 0 saturated heterocycles. The van der Waals surface area contributed by atoms with Crippen LogP contribution in [0.25, 0.3) is 0 Å². The van der Waals surface area contributed by atoms with Crippen molar-refractivity contribution in [3.8, 4) is 0 Å². The molecule has 2 rings (SSSR count). The zero-order valence-corrected chi connectivity index (χ0v) is 9.92. The number of hydrogen-bond donors (Lipinski definition) is 1. The largest absolute Gasteiger partial charge is 0.314 e. The third kappa shape index (κ3) is 2.13. The second kappa shape index (κ2) is 4.22. The normalized spacial score (nSPS) is 38.1. The molecule has 2 fully saturated rings.